The predicted molar refractivity (Wildman–Crippen MR) is 70.7 cm³/mol. The van der Waals surface area contributed by atoms with Gasteiger partial charge in [-0.25, -0.2) is 0 Å². The summed E-state index contributed by atoms with van der Waals surface area (Å²) in [5.41, 5.74) is 4.27. The molecule has 1 aliphatic rings. The van der Waals surface area contributed by atoms with Crippen LogP contribution in [0.2, 0.25) is 0 Å². The lowest BCUT2D eigenvalue weighted by atomic mass is 9.80. The van der Waals surface area contributed by atoms with Gasteiger partial charge in [0.1, 0.15) is 0 Å². The monoisotopic (exact) mass is 236 g/mol. The van der Waals surface area contributed by atoms with E-state index >= 15 is 0 Å². The summed E-state index contributed by atoms with van der Waals surface area (Å²) in [4.78, 5) is 10.3. The number of carbonyl (C=O) groups is 1. The Morgan fingerprint density at radius 3 is 2.76 bits per heavy atom. The van der Waals surface area contributed by atoms with Crippen LogP contribution in [0.5, 0.6) is 0 Å². The number of carbonyl (C=O) groups excluding carboxylic acids is 1. The normalized spacial score (nSPS) is 20.6. The van der Waals surface area contributed by atoms with Gasteiger partial charge in [0.25, 0.3) is 6.47 Å². The highest BCUT2D eigenvalue weighted by Crippen LogP contribution is 2.42. The van der Waals surface area contributed by atoms with Gasteiger partial charge < -0.3 is 4.74 Å². The fourth-order valence-electron chi connectivity index (χ4n) is 2.64. The van der Waals surface area contributed by atoms with Crippen molar-refractivity contribution >= 4 is 6.47 Å². The third-order valence-electron chi connectivity index (χ3n) is 3.58. The van der Waals surface area contributed by atoms with E-state index in [1.165, 1.54) is 29.6 Å². The molecule has 2 heteroatoms. The minimum Gasteiger partial charge on any atom is -0.467 e. The Morgan fingerprint density at radius 2 is 2.24 bits per heavy atom. The third-order valence-corrected chi connectivity index (χ3v) is 3.58. The molecule has 0 bridgehead atoms. The minimum absolute atomic E-state index is 0.00947. The van der Waals surface area contributed by atoms with Gasteiger partial charge in [0.2, 0.25) is 0 Å². The largest absolute Gasteiger partial charge is 0.467 e. The van der Waals surface area contributed by atoms with Crippen LogP contribution in [0, 0.1) is 11.3 Å². The molecular weight excluding hydrogens is 212 g/mol. The molecule has 1 atom stereocenters. The summed E-state index contributed by atoms with van der Waals surface area (Å²) >= 11 is 0. The van der Waals surface area contributed by atoms with Gasteiger partial charge in [0.15, 0.2) is 0 Å². The molecule has 0 N–H and O–H groups in total. The standard InChI is InChI=1S/C15H24O2/c1-11(2)13-7-6-12(3)14(13)8-15(4,5)9-17-10-16/h10,13H,1,6-9H2,2-5H3. The molecule has 0 aromatic heterocycles. The molecule has 0 aromatic carbocycles. The van der Waals surface area contributed by atoms with Gasteiger partial charge in [-0.15, -0.1) is 0 Å². The average Bonchev–Trinajstić information content (AvgIpc) is 2.57. The van der Waals surface area contributed by atoms with E-state index in [-0.39, 0.29) is 5.41 Å². The van der Waals surface area contributed by atoms with Crippen molar-refractivity contribution in [2.45, 2.75) is 47.0 Å². The molecular formula is C15H24O2. The Balaban J connectivity index is 2.74. The molecule has 0 spiro atoms. The van der Waals surface area contributed by atoms with Crippen LogP contribution in [0.15, 0.2) is 23.3 Å². The number of hydrogen-bond donors (Lipinski definition) is 0. The van der Waals surface area contributed by atoms with Crippen molar-refractivity contribution < 1.29 is 9.53 Å². The van der Waals surface area contributed by atoms with Crippen LogP contribution >= 0.6 is 0 Å². The maximum absolute atomic E-state index is 10.3. The highest BCUT2D eigenvalue weighted by molar-refractivity contribution is 5.37. The van der Waals surface area contributed by atoms with Crippen LogP contribution in [0.4, 0.5) is 0 Å². The molecule has 0 amide bonds. The lowest BCUT2D eigenvalue weighted by molar-refractivity contribution is -0.131. The fourth-order valence-corrected chi connectivity index (χ4v) is 2.64. The molecule has 0 radical (unpaired) electrons. The second-order valence-electron chi connectivity index (χ2n) is 5.99. The van der Waals surface area contributed by atoms with E-state index in [2.05, 4.69) is 34.3 Å². The highest BCUT2D eigenvalue weighted by Gasteiger charge is 2.29. The zero-order chi connectivity index (χ0) is 13.1. The van der Waals surface area contributed by atoms with Crippen LogP contribution in [0.1, 0.15) is 47.0 Å². The Hall–Kier alpha value is -1.05. The molecule has 0 saturated carbocycles. The third kappa shape index (κ3) is 3.72. The smallest absolute Gasteiger partial charge is 0.293 e. The lowest BCUT2D eigenvalue weighted by Crippen LogP contribution is -2.21. The minimum atomic E-state index is 0.00947. The van der Waals surface area contributed by atoms with Crippen LogP contribution in [-0.2, 0) is 9.53 Å². The van der Waals surface area contributed by atoms with Crippen molar-refractivity contribution in [2.75, 3.05) is 6.61 Å². The Bertz CT molecular complexity index is 337. The first-order valence-electron chi connectivity index (χ1n) is 6.26. The first kappa shape index (κ1) is 14.0. The molecule has 1 unspecified atom stereocenters. The molecule has 0 saturated heterocycles. The van der Waals surface area contributed by atoms with Crippen molar-refractivity contribution in [3.05, 3.63) is 23.3 Å². The van der Waals surface area contributed by atoms with E-state index in [4.69, 9.17) is 4.74 Å². The second kappa shape index (κ2) is 5.52. The van der Waals surface area contributed by atoms with Crippen molar-refractivity contribution in [1.82, 2.24) is 0 Å². The summed E-state index contributed by atoms with van der Waals surface area (Å²) < 4.78 is 4.91. The van der Waals surface area contributed by atoms with Crippen molar-refractivity contribution in [3.63, 3.8) is 0 Å². The first-order valence-corrected chi connectivity index (χ1v) is 6.26. The molecule has 0 heterocycles. The quantitative estimate of drug-likeness (QED) is 0.517. The maximum atomic E-state index is 10.3. The molecule has 1 rings (SSSR count). The average molecular weight is 236 g/mol. The van der Waals surface area contributed by atoms with Crippen molar-refractivity contribution in [2.24, 2.45) is 11.3 Å². The molecule has 0 aromatic rings. The van der Waals surface area contributed by atoms with Gasteiger partial charge in [0, 0.05) is 11.3 Å². The van der Waals surface area contributed by atoms with Gasteiger partial charge in [-0.05, 0) is 33.1 Å². The fraction of sp³-hybridized carbons (Fsp3) is 0.667. The molecule has 1 aliphatic carbocycles. The topological polar surface area (TPSA) is 26.3 Å². The summed E-state index contributed by atoms with van der Waals surface area (Å²) in [5.74, 6) is 0.533. The van der Waals surface area contributed by atoms with E-state index < -0.39 is 0 Å². The number of ether oxygens (including phenoxy) is 1. The number of rotatable bonds is 6. The van der Waals surface area contributed by atoms with E-state index in [1.54, 1.807) is 0 Å². The summed E-state index contributed by atoms with van der Waals surface area (Å²) in [6, 6.07) is 0. The Kier molecular flexibility index (Phi) is 4.55. The van der Waals surface area contributed by atoms with Gasteiger partial charge in [0.05, 0.1) is 6.61 Å². The lowest BCUT2D eigenvalue weighted by Gasteiger charge is -2.27. The summed E-state index contributed by atoms with van der Waals surface area (Å²) in [6.07, 6.45) is 3.36. The van der Waals surface area contributed by atoms with Crippen molar-refractivity contribution in [3.8, 4) is 0 Å². The van der Waals surface area contributed by atoms with Gasteiger partial charge in [-0.1, -0.05) is 37.1 Å². The van der Waals surface area contributed by atoms with Crippen LogP contribution < -0.4 is 0 Å². The van der Waals surface area contributed by atoms with Gasteiger partial charge in [-0.2, -0.15) is 0 Å². The van der Waals surface area contributed by atoms with Crippen molar-refractivity contribution in [1.29, 1.82) is 0 Å². The molecule has 0 aliphatic heterocycles. The first-order chi connectivity index (χ1) is 7.87. The second-order valence-corrected chi connectivity index (χ2v) is 5.99. The predicted octanol–water partition coefficient (Wildman–Crippen LogP) is 3.88. The number of allylic oxidation sites excluding steroid dienone is 3. The van der Waals surface area contributed by atoms with Gasteiger partial charge >= 0.3 is 0 Å². The zero-order valence-electron chi connectivity index (χ0n) is 11.5. The van der Waals surface area contributed by atoms with E-state index in [1.807, 2.05) is 0 Å². The van der Waals surface area contributed by atoms with Crippen LogP contribution in [0.25, 0.3) is 0 Å². The maximum Gasteiger partial charge on any atom is 0.293 e. The SMILES string of the molecule is C=C(C)C1CCC(C)=C1CC(C)(C)COC=O. The Morgan fingerprint density at radius 1 is 1.59 bits per heavy atom. The number of hydrogen-bond acceptors (Lipinski definition) is 2. The summed E-state index contributed by atoms with van der Waals surface area (Å²) in [7, 11) is 0. The van der Waals surface area contributed by atoms with Crippen LogP contribution in [-0.4, -0.2) is 13.1 Å². The Labute approximate surface area is 105 Å². The zero-order valence-corrected chi connectivity index (χ0v) is 11.5. The van der Waals surface area contributed by atoms with E-state index in [9.17, 15) is 4.79 Å². The van der Waals surface area contributed by atoms with Crippen LogP contribution in [0.3, 0.4) is 0 Å². The molecule has 0 fully saturated rings. The molecule has 17 heavy (non-hydrogen) atoms. The molecule has 96 valence electrons. The van der Waals surface area contributed by atoms with E-state index in [0.29, 0.717) is 19.0 Å². The highest BCUT2D eigenvalue weighted by atomic mass is 16.5. The van der Waals surface area contributed by atoms with Gasteiger partial charge in [-0.3, -0.25) is 4.79 Å². The van der Waals surface area contributed by atoms with E-state index in [0.717, 1.165) is 6.42 Å². The summed E-state index contributed by atoms with van der Waals surface area (Å²) in [5, 5.41) is 0. The molecule has 2 nitrogen and oxygen atoms in total. The summed E-state index contributed by atoms with van der Waals surface area (Å²) in [6.45, 7) is 13.7.